The van der Waals surface area contributed by atoms with E-state index in [1.165, 1.54) is 0 Å². The number of halogens is 4. The van der Waals surface area contributed by atoms with Gasteiger partial charge in [0, 0.05) is 0 Å². The SMILES string of the molecule is C=C.Cl.Cl.Cl.Cl. The Morgan fingerprint density at radius 3 is 0.500 bits per heavy atom. The highest BCUT2D eigenvalue weighted by Crippen LogP contribution is 0.862. The van der Waals surface area contributed by atoms with Crippen molar-refractivity contribution in [1.82, 2.24) is 0 Å². The summed E-state index contributed by atoms with van der Waals surface area (Å²) in [6.45, 7) is 6.00. The second-order valence-corrected chi connectivity index (χ2v) is 0. The van der Waals surface area contributed by atoms with Crippen LogP contribution in [0.5, 0.6) is 0 Å². The molecule has 0 aromatic carbocycles. The summed E-state index contributed by atoms with van der Waals surface area (Å²) in [7, 11) is 0. The van der Waals surface area contributed by atoms with Crippen LogP contribution in [0.15, 0.2) is 13.2 Å². The van der Waals surface area contributed by atoms with Gasteiger partial charge < -0.3 is 0 Å². The van der Waals surface area contributed by atoms with Crippen LogP contribution in [0.25, 0.3) is 0 Å². The van der Waals surface area contributed by atoms with Gasteiger partial charge >= 0.3 is 0 Å². The molecule has 4 heteroatoms. The van der Waals surface area contributed by atoms with Gasteiger partial charge in [-0.3, -0.25) is 0 Å². The van der Waals surface area contributed by atoms with Crippen LogP contribution in [0, 0.1) is 0 Å². The highest BCUT2D eigenvalue weighted by atomic mass is 35.5. The largest absolute Gasteiger partial charge is 0.147 e. The maximum absolute atomic E-state index is 3.00. The van der Waals surface area contributed by atoms with Gasteiger partial charge in [-0.15, -0.1) is 62.8 Å². The molecule has 6 heavy (non-hydrogen) atoms. The Balaban J connectivity index is -0.000000000833. The molecule has 0 amide bonds. The molecule has 0 aliphatic carbocycles. The van der Waals surface area contributed by atoms with Crippen molar-refractivity contribution in [2.75, 3.05) is 0 Å². The van der Waals surface area contributed by atoms with E-state index < -0.39 is 0 Å². The monoisotopic (exact) mass is 172 g/mol. The van der Waals surface area contributed by atoms with E-state index in [2.05, 4.69) is 13.2 Å². The van der Waals surface area contributed by atoms with Crippen molar-refractivity contribution < 1.29 is 0 Å². The maximum Gasteiger partial charge on any atom is -0.106 e. The van der Waals surface area contributed by atoms with Crippen molar-refractivity contribution in [2.45, 2.75) is 0 Å². The Hall–Kier alpha value is 0.900. The summed E-state index contributed by atoms with van der Waals surface area (Å²) in [5, 5.41) is 0. The summed E-state index contributed by atoms with van der Waals surface area (Å²) >= 11 is 0. The molecule has 0 aromatic heterocycles. The summed E-state index contributed by atoms with van der Waals surface area (Å²) in [5.41, 5.74) is 0. The lowest BCUT2D eigenvalue weighted by Gasteiger charge is -0.813. The Kier molecular flexibility index (Phi) is 1940. The minimum atomic E-state index is 0. The molecule has 0 heterocycles. The lowest BCUT2D eigenvalue weighted by molar-refractivity contribution is 2.81. The van der Waals surface area contributed by atoms with Gasteiger partial charge in [0.1, 0.15) is 0 Å². The average Bonchev–Trinajstić information content (AvgIpc) is 1.00. The van der Waals surface area contributed by atoms with Gasteiger partial charge in [-0.2, -0.15) is 0 Å². The number of hydrogen-bond acceptors (Lipinski definition) is 0. The molecule has 0 unspecified atom stereocenters. The average molecular weight is 174 g/mol. The van der Waals surface area contributed by atoms with Crippen molar-refractivity contribution in [1.29, 1.82) is 0 Å². The molecule has 0 spiro atoms. The zero-order chi connectivity index (χ0) is 2.00. The molecule has 44 valence electrons. The molecule has 0 aliphatic heterocycles. The Morgan fingerprint density at radius 2 is 0.500 bits per heavy atom. The molecule has 0 nitrogen and oxygen atoms in total. The molecule has 0 saturated heterocycles. The van der Waals surface area contributed by atoms with Crippen molar-refractivity contribution in [3.05, 3.63) is 13.2 Å². The second-order valence-electron chi connectivity index (χ2n) is 0. The van der Waals surface area contributed by atoms with Crippen molar-refractivity contribution in [2.24, 2.45) is 0 Å². The van der Waals surface area contributed by atoms with Gasteiger partial charge in [0.25, 0.3) is 0 Å². The van der Waals surface area contributed by atoms with Crippen LogP contribution in [-0.2, 0) is 0 Å². The molecule has 0 aromatic rings. The van der Waals surface area contributed by atoms with Crippen LogP contribution in [0.1, 0.15) is 0 Å². The highest BCUT2D eigenvalue weighted by Gasteiger charge is 0.601. The van der Waals surface area contributed by atoms with E-state index in [-0.39, 0.29) is 49.6 Å². The first-order chi connectivity index (χ1) is 1.00. The summed E-state index contributed by atoms with van der Waals surface area (Å²) in [6.07, 6.45) is 0. The van der Waals surface area contributed by atoms with Gasteiger partial charge in [-0.05, 0) is 0 Å². The third kappa shape index (κ3) is 92.0. The molecular weight excluding hydrogens is 166 g/mol. The lowest BCUT2D eigenvalue weighted by Crippen LogP contribution is -0.552. The van der Waals surface area contributed by atoms with Gasteiger partial charge in [0.05, 0.1) is 0 Å². The summed E-state index contributed by atoms with van der Waals surface area (Å²) in [5.74, 6) is 0. The van der Waals surface area contributed by atoms with Crippen LogP contribution in [0.3, 0.4) is 0 Å². The van der Waals surface area contributed by atoms with E-state index in [9.17, 15) is 0 Å². The normalized spacial score (nSPS) is 0.667. The zero-order valence-electron chi connectivity index (χ0n) is 3.05. The smallest absolute Gasteiger partial charge is 0.106 e. The third-order valence-electron chi connectivity index (χ3n) is 0. The van der Waals surface area contributed by atoms with Crippen LogP contribution in [0.2, 0.25) is 0 Å². The van der Waals surface area contributed by atoms with Gasteiger partial charge in [0.15, 0.2) is 0 Å². The Bertz CT molecular complexity index is 5.51. The molecule has 0 bridgehead atoms. The van der Waals surface area contributed by atoms with Crippen molar-refractivity contribution >= 4 is 49.6 Å². The van der Waals surface area contributed by atoms with E-state index in [1.807, 2.05) is 0 Å². The second kappa shape index (κ2) is 175. The zero-order valence-corrected chi connectivity index (χ0v) is 6.31. The third-order valence-corrected chi connectivity index (χ3v) is 0. The molecule has 0 rings (SSSR count). The van der Waals surface area contributed by atoms with Crippen LogP contribution >= 0.6 is 49.6 Å². The van der Waals surface area contributed by atoms with E-state index in [0.29, 0.717) is 0 Å². The first kappa shape index (κ1) is 66.5. The Morgan fingerprint density at radius 1 is 0.500 bits per heavy atom. The molecule has 0 saturated carbocycles. The first-order valence-electron chi connectivity index (χ1n) is 0.500. The van der Waals surface area contributed by atoms with Gasteiger partial charge in [-0.1, -0.05) is 0 Å². The minimum Gasteiger partial charge on any atom is -0.147 e. The fourth-order valence-electron chi connectivity index (χ4n) is 0. The predicted molar refractivity (Wildman–Crippen MR) is 40.2 cm³/mol. The molecule has 0 aliphatic rings. The maximum atomic E-state index is 3.00. The minimum absolute atomic E-state index is 0. The molecule has 0 atom stereocenters. The van der Waals surface area contributed by atoms with Crippen molar-refractivity contribution in [3.63, 3.8) is 0 Å². The Labute approximate surface area is 63.0 Å². The van der Waals surface area contributed by atoms with Gasteiger partial charge in [0.2, 0.25) is 0 Å². The molecule has 0 fully saturated rings. The molecule has 0 N–H and O–H groups in total. The first-order valence-corrected chi connectivity index (χ1v) is 0.500. The molecule has 0 radical (unpaired) electrons. The van der Waals surface area contributed by atoms with E-state index in [4.69, 9.17) is 0 Å². The fourth-order valence-corrected chi connectivity index (χ4v) is 0. The van der Waals surface area contributed by atoms with E-state index in [0.717, 1.165) is 0 Å². The number of rotatable bonds is 0. The fraction of sp³-hybridized carbons (Fsp3) is 0. The molecular formula is C2H8Cl4. The van der Waals surface area contributed by atoms with E-state index >= 15 is 0 Å². The standard InChI is InChI=1S/C2H4.4ClH/c1-2;;;;/h1-2H2;4*1H. The van der Waals surface area contributed by atoms with Crippen LogP contribution < -0.4 is 0 Å². The van der Waals surface area contributed by atoms with E-state index in [1.54, 1.807) is 0 Å². The summed E-state index contributed by atoms with van der Waals surface area (Å²) in [6, 6.07) is 0. The van der Waals surface area contributed by atoms with Crippen LogP contribution in [-0.4, -0.2) is 0 Å². The summed E-state index contributed by atoms with van der Waals surface area (Å²) in [4.78, 5) is 0. The topological polar surface area (TPSA) is 0 Å². The lowest BCUT2D eigenvalue weighted by atomic mass is 11.3. The van der Waals surface area contributed by atoms with Gasteiger partial charge in [-0.25, -0.2) is 0 Å². The quantitative estimate of drug-likeness (QED) is 0.494. The highest BCUT2D eigenvalue weighted by molar-refractivity contribution is 5.86. The summed E-state index contributed by atoms with van der Waals surface area (Å²) < 4.78 is 0. The predicted octanol–water partition coefficient (Wildman–Crippen LogP) is 2.49. The number of hydrogen-bond donors (Lipinski definition) is 0. The van der Waals surface area contributed by atoms with Crippen LogP contribution in [0.4, 0.5) is 0 Å². The van der Waals surface area contributed by atoms with Crippen molar-refractivity contribution in [3.8, 4) is 0 Å².